The molecule has 2 unspecified atom stereocenters. The number of alkyl carbamates (subject to hydrolysis) is 1. The average molecular weight is 406 g/mol. The first kappa shape index (κ1) is 22.5. The predicted octanol–water partition coefficient (Wildman–Crippen LogP) is 3.10. The molecule has 1 aliphatic heterocycles. The smallest absolute Gasteiger partial charge is 0.410 e. The van der Waals surface area contributed by atoms with Crippen LogP contribution in [0.1, 0.15) is 39.7 Å². The van der Waals surface area contributed by atoms with Gasteiger partial charge in [-0.2, -0.15) is 0 Å². The van der Waals surface area contributed by atoms with E-state index in [0.29, 0.717) is 13.0 Å². The summed E-state index contributed by atoms with van der Waals surface area (Å²) in [6.07, 6.45) is -0.709. The number of carbonyl (C=O) groups is 3. The lowest BCUT2D eigenvalue weighted by atomic mass is 9.92. The van der Waals surface area contributed by atoms with Gasteiger partial charge in [-0.1, -0.05) is 30.3 Å². The lowest BCUT2D eigenvalue weighted by molar-refractivity contribution is -0.150. The van der Waals surface area contributed by atoms with E-state index >= 15 is 0 Å². The second-order valence-corrected chi connectivity index (χ2v) is 7.89. The average Bonchev–Trinajstić information content (AvgIpc) is 2.66. The highest BCUT2D eigenvalue weighted by Crippen LogP contribution is 2.21. The highest BCUT2D eigenvalue weighted by atomic mass is 16.6. The van der Waals surface area contributed by atoms with Crippen LogP contribution in [-0.4, -0.2) is 54.4 Å². The van der Waals surface area contributed by atoms with Crippen molar-refractivity contribution in [2.75, 3.05) is 19.7 Å². The molecule has 0 aliphatic carbocycles. The molecule has 8 heteroatoms. The third-order valence-corrected chi connectivity index (χ3v) is 4.37. The van der Waals surface area contributed by atoms with E-state index < -0.39 is 35.7 Å². The van der Waals surface area contributed by atoms with E-state index in [2.05, 4.69) is 5.32 Å². The molecule has 2 amide bonds. The quantitative estimate of drug-likeness (QED) is 0.596. The van der Waals surface area contributed by atoms with Crippen LogP contribution in [-0.2, 0) is 25.6 Å². The van der Waals surface area contributed by atoms with Crippen LogP contribution in [0.15, 0.2) is 30.3 Å². The molecular formula is C21H30N2O6. The molecule has 0 bridgehead atoms. The largest absolute Gasteiger partial charge is 0.466 e. The second-order valence-electron chi connectivity index (χ2n) is 7.89. The van der Waals surface area contributed by atoms with Gasteiger partial charge in [0, 0.05) is 19.1 Å². The molecule has 1 aromatic rings. The third kappa shape index (κ3) is 7.29. The number of nitrogens with one attached hydrogen (secondary N) is 1. The van der Waals surface area contributed by atoms with Crippen molar-refractivity contribution in [2.45, 2.75) is 52.4 Å². The highest BCUT2D eigenvalue weighted by Gasteiger charge is 2.39. The molecule has 2 rings (SSSR count). The molecule has 1 N–H and O–H groups in total. The summed E-state index contributed by atoms with van der Waals surface area (Å²) in [7, 11) is 0. The number of piperidine rings is 1. The lowest BCUT2D eigenvalue weighted by Gasteiger charge is -2.37. The van der Waals surface area contributed by atoms with Crippen LogP contribution < -0.4 is 5.32 Å². The van der Waals surface area contributed by atoms with E-state index in [1.165, 1.54) is 4.90 Å². The molecule has 1 aromatic carbocycles. The Morgan fingerprint density at radius 2 is 1.83 bits per heavy atom. The van der Waals surface area contributed by atoms with Crippen LogP contribution in [0.3, 0.4) is 0 Å². The van der Waals surface area contributed by atoms with Crippen molar-refractivity contribution >= 4 is 18.2 Å². The van der Waals surface area contributed by atoms with Gasteiger partial charge in [-0.05, 0) is 39.7 Å². The van der Waals surface area contributed by atoms with Gasteiger partial charge in [0.1, 0.15) is 12.2 Å². The first-order valence-electron chi connectivity index (χ1n) is 9.81. The number of carbonyl (C=O) groups excluding carboxylic acids is 3. The van der Waals surface area contributed by atoms with Gasteiger partial charge in [0.2, 0.25) is 0 Å². The van der Waals surface area contributed by atoms with Crippen molar-refractivity contribution in [1.82, 2.24) is 10.2 Å². The minimum atomic E-state index is -0.694. The van der Waals surface area contributed by atoms with Gasteiger partial charge >= 0.3 is 18.2 Å². The Hall–Kier alpha value is -2.77. The van der Waals surface area contributed by atoms with Gasteiger partial charge in [-0.25, -0.2) is 9.59 Å². The fraction of sp³-hybridized carbons (Fsp3) is 0.571. The predicted molar refractivity (Wildman–Crippen MR) is 106 cm³/mol. The Bertz CT molecular complexity index is 701. The van der Waals surface area contributed by atoms with Crippen molar-refractivity contribution in [3.8, 4) is 0 Å². The summed E-state index contributed by atoms with van der Waals surface area (Å²) < 4.78 is 15.8. The third-order valence-electron chi connectivity index (χ3n) is 4.37. The Balaban J connectivity index is 1.97. The van der Waals surface area contributed by atoms with E-state index in [0.717, 1.165) is 5.56 Å². The van der Waals surface area contributed by atoms with E-state index in [4.69, 9.17) is 14.2 Å². The molecule has 29 heavy (non-hydrogen) atoms. The molecule has 8 nitrogen and oxygen atoms in total. The molecular weight excluding hydrogens is 376 g/mol. The van der Waals surface area contributed by atoms with Crippen LogP contribution >= 0.6 is 0 Å². The van der Waals surface area contributed by atoms with Gasteiger partial charge in [0.05, 0.1) is 12.5 Å². The maximum absolute atomic E-state index is 12.4. The van der Waals surface area contributed by atoms with Gasteiger partial charge in [0.15, 0.2) is 0 Å². The zero-order valence-corrected chi connectivity index (χ0v) is 17.5. The number of rotatable bonds is 5. The molecule has 160 valence electrons. The number of nitrogens with zero attached hydrogens (tertiary/aromatic N) is 1. The summed E-state index contributed by atoms with van der Waals surface area (Å²) in [5.74, 6) is -1.16. The fourth-order valence-corrected chi connectivity index (χ4v) is 3.02. The number of hydrogen-bond donors (Lipinski definition) is 1. The van der Waals surface area contributed by atoms with Crippen molar-refractivity contribution in [2.24, 2.45) is 5.92 Å². The lowest BCUT2D eigenvalue weighted by Crippen LogP contribution is -2.55. The minimum absolute atomic E-state index is 0.109. The molecule has 2 atom stereocenters. The summed E-state index contributed by atoms with van der Waals surface area (Å²) in [6, 6.07) is 8.82. The SMILES string of the molecule is CCOC(=O)C1CN(C(=O)OC(C)(C)C)CCC1NC(=O)OCc1ccccc1. The standard InChI is InChI=1S/C21H30N2O6/c1-5-27-18(24)16-13-23(20(26)29-21(2,3)4)12-11-17(16)22-19(25)28-14-15-9-7-6-8-10-15/h6-10,16-17H,5,11-14H2,1-4H3,(H,22,25). The molecule has 1 heterocycles. The maximum atomic E-state index is 12.4. The molecule has 0 radical (unpaired) electrons. The van der Waals surface area contributed by atoms with Gasteiger partial charge in [-0.3, -0.25) is 4.79 Å². The van der Waals surface area contributed by atoms with Crippen molar-refractivity contribution < 1.29 is 28.6 Å². The number of benzene rings is 1. The van der Waals surface area contributed by atoms with Gasteiger partial charge < -0.3 is 24.4 Å². The van der Waals surface area contributed by atoms with E-state index in [-0.39, 0.29) is 19.8 Å². The van der Waals surface area contributed by atoms with Crippen molar-refractivity contribution in [1.29, 1.82) is 0 Å². The van der Waals surface area contributed by atoms with E-state index in [1.807, 2.05) is 30.3 Å². The van der Waals surface area contributed by atoms with Crippen LogP contribution in [0.4, 0.5) is 9.59 Å². The van der Waals surface area contributed by atoms with Gasteiger partial charge in [-0.15, -0.1) is 0 Å². The van der Waals surface area contributed by atoms with Crippen LogP contribution in [0.5, 0.6) is 0 Å². The first-order chi connectivity index (χ1) is 13.7. The first-order valence-corrected chi connectivity index (χ1v) is 9.81. The molecule has 0 saturated carbocycles. The minimum Gasteiger partial charge on any atom is -0.466 e. The highest BCUT2D eigenvalue weighted by molar-refractivity contribution is 5.77. The summed E-state index contributed by atoms with van der Waals surface area (Å²) in [5.41, 5.74) is 0.233. The Morgan fingerprint density at radius 1 is 1.14 bits per heavy atom. The van der Waals surface area contributed by atoms with E-state index in [9.17, 15) is 14.4 Å². The summed E-state index contributed by atoms with van der Waals surface area (Å²) in [5, 5.41) is 2.75. The number of likely N-dealkylation sites (tertiary alicyclic amines) is 1. The molecule has 1 saturated heterocycles. The summed E-state index contributed by atoms with van der Waals surface area (Å²) >= 11 is 0. The zero-order valence-electron chi connectivity index (χ0n) is 17.5. The molecule has 0 aromatic heterocycles. The second kappa shape index (κ2) is 10.1. The number of amides is 2. The van der Waals surface area contributed by atoms with Crippen LogP contribution in [0.2, 0.25) is 0 Å². The fourth-order valence-electron chi connectivity index (χ4n) is 3.02. The molecule has 1 aliphatic rings. The zero-order chi connectivity index (χ0) is 21.4. The Morgan fingerprint density at radius 3 is 2.45 bits per heavy atom. The normalized spacial score (nSPS) is 19.2. The monoisotopic (exact) mass is 406 g/mol. The Labute approximate surface area is 171 Å². The van der Waals surface area contributed by atoms with Crippen molar-refractivity contribution in [3.63, 3.8) is 0 Å². The number of esters is 1. The Kier molecular flexibility index (Phi) is 7.87. The van der Waals surface area contributed by atoms with E-state index in [1.54, 1.807) is 27.7 Å². The van der Waals surface area contributed by atoms with Crippen LogP contribution in [0, 0.1) is 5.92 Å². The molecule has 0 spiro atoms. The maximum Gasteiger partial charge on any atom is 0.410 e. The van der Waals surface area contributed by atoms with Crippen molar-refractivity contribution in [3.05, 3.63) is 35.9 Å². The van der Waals surface area contributed by atoms with Gasteiger partial charge in [0.25, 0.3) is 0 Å². The molecule has 1 fully saturated rings. The summed E-state index contributed by atoms with van der Waals surface area (Å²) in [6.45, 7) is 7.87. The number of hydrogen-bond acceptors (Lipinski definition) is 6. The van der Waals surface area contributed by atoms with Crippen LogP contribution in [0.25, 0.3) is 0 Å². The summed E-state index contributed by atoms with van der Waals surface area (Å²) in [4.78, 5) is 38.5. The number of ether oxygens (including phenoxy) is 3. The topological polar surface area (TPSA) is 94.2 Å².